The summed E-state index contributed by atoms with van der Waals surface area (Å²) < 4.78 is 108. The van der Waals surface area contributed by atoms with Gasteiger partial charge in [-0.05, 0) is 79.9 Å². The standard InChI is InChI=1S/C26H32F8O/c1-2-3-16-6-10-19(11-7-16)20-12-8-17(9-13-20)4-5-18-14-21(27)23(22(28)15-18)35-26(33,34)24(29)25(30,31)32/h4-5,14-17,19-20,24H,2-3,6-13H2,1H3. The van der Waals surface area contributed by atoms with Crippen molar-refractivity contribution in [3.63, 3.8) is 0 Å². The Kier molecular flexibility index (Phi) is 9.13. The first-order chi connectivity index (χ1) is 16.4. The lowest BCUT2D eigenvalue weighted by atomic mass is 9.68. The summed E-state index contributed by atoms with van der Waals surface area (Å²) in [5, 5.41) is 0. The Morgan fingerprint density at radius 1 is 0.886 bits per heavy atom. The van der Waals surface area contributed by atoms with E-state index in [4.69, 9.17) is 0 Å². The first kappa shape index (κ1) is 27.8. The van der Waals surface area contributed by atoms with Gasteiger partial charge in [-0.1, -0.05) is 44.8 Å². The maximum Gasteiger partial charge on any atom is 0.439 e. The summed E-state index contributed by atoms with van der Waals surface area (Å²) in [6, 6.07) is 1.35. The van der Waals surface area contributed by atoms with Gasteiger partial charge in [-0.15, -0.1) is 0 Å². The van der Waals surface area contributed by atoms with Gasteiger partial charge in [0.05, 0.1) is 0 Å². The summed E-state index contributed by atoms with van der Waals surface area (Å²) in [7, 11) is 0. The fraction of sp³-hybridized carbons (Fsp3) is 0.692. The third kappa shape index (κ3) is 7.35. The van der Waals surface area contributed by atoms with Crippen LogP contribution in [0, 0.1) is 35.3 Å². The molecule has 35 heavy (non-hydrogen) atoms. The van der Waals surface area contributed by atoms with Gasteiger partial charge in [0.25, 0.3) is 6.17 Å². The molecule has 2 saturated carbocycles. The molecule has 0 radical (unpaired) electrons. The summed E-state index contributed by atoms with van der Waals surface area (Å²) >= 11 is 0. The number of alkyl halides is 6. The fourth-order valence-electron chi connectivity index (χ4n) is 5.56. The maximum absolute atomic E-state index is 14.2. The number of ether oxygens (including phenoxy) is 1. The Labute approximate surface area is 200 Å². The van der Waals surface area contributed by atoms with Crippen LogP contribution < -0.4 is 4.74 Å². The van der Waals surface area contributed by atoms with E-state index < -0.39 is 35.8 Å². The molecule has 0 spiro atoms. The number of allylic oxidation sites excluding steroid dienone is 1. The van der Waals surface area contributed by atoms with Crippen molar-refractivity contribution in [3.8, 4) is 5.75 Å². The second-order valence-electron chi connectivity index (χ2n) is 9.99. The highest BCUT2D eigenvalue weighted by atomic mass is 19.4. The molecule has 1 nitrogen and oxygen atoms in total. The van der Waals surface area contributed by atoms with Crippen molar-refractivity contribution in [1.29, 1.82) is 0 Å². The van der Waals surface area contributed by atoms with Crippen molar-refractivity contribution in [3.05, 3.63) is 35.4 Å². The minimum absolute atomic E-state index is 0.0136. The molecule has 3 rings (SSSR count). The van der Waals surface area contributed by atoms with Crippen LogP contribution in [0.5, 0.6) is 5.75 Å². The monoisotopic (exact) mass is 512 g/mol. The molecule has 2 fully saturated rings. The summed E-state index contributed by atoms with van der Waals surface area (Å²) in [6.45, 7) is 2.23. The number of hydrogen-bond donors (Lipinski definition) is 0. The molecule has 2 aliphatic carbocycles. The Hall–Kier alpha value is -1.80. The molecule has 198 valence electrons. The number of rotatable bonds is 8. The van der Waals surface area contributed by atoms with Crippen LogP contribution in [0.2, 0.25) is 0 Å². The second kappa shape index (κ2) is 11.5. The predicted molar refractivity (Wildman–Crippen MR) is 118 cm³/mol. The molecule has 0 aromatic heterocycles. The lowest BCUT2D eigenvalue weighted by Gasteiger charge is -2.37. The number of halogens is 8. The van der Waals surface area contributed by atoms with E-state index in [1.165, 1.54) is 44.6 Å². The van der Waals surface area contributed by atoms with Gasteiger partial charge in [0.1, 0.15) is 0 Å². The molecule has 2 aliphatic rings. The van der Waals surface area contributed by atoms with Crippen LogP contribution >= 0.6 is 0 Å². The minimum atomic E-state index is -5.95. The summed E-state index contributed by atoms with van der Waals surface area (Å²) in [5.41, 5.74) is 0.0136. The zero-order chi connectivity index (χ0) is 25.8. The van der Waals surface area contributed by atoms with E-state index in [0.29, 0.717) is 18.1 Å². The van der Waals surface area contributed by atoms with Gasteiger partial charge in [-0.3, -0.25) is 0 Å². The third-order valence-corrected chi connectivity index (χ3v) is 7.47. The van der Waals surface area contributed by atoms with Crippen molar-refractivity contribution in [2.75, 3.05) is 0 Å². The van der Waals surface area contributed by atoms with Gasteiger partial charge >= 0.3 is 12.3 Å². The highest BCUT2D eigenvalue weighted by Gasteiger charge is 2.59. The molecule has 0 bridgehead atoms. The lowest BCUT2D eigenvalue weighted by Crippen LogP contribution is -2.46. The summed E-state index contributed by atoms with van der Waals surface area (Å²) in [5.74, 6) is -2.49. The van der Waals surface area contributed by atoms with Gasteiger partial charge in [0.15, 0.2) is 17.4 Å². The molecule has 0 amide bonds. The van der Waals surface area contributed by atoms with E-state index in [1.807, 2.05) is 6.08 Å². The van der Waals surface area contributed by atoms with Crippen LogP contribution in [0.4, 0.5) is 35.1 Å². The second-order valence-corrected chi connectivity index (χ2v) is 9.99. The molecule has 0 N–H and O–H groups in total. The average Bonchev–Trinajstić information content (AvgIpc) is 2.80. The first-order valence-electron chi connectivity index (χ1n) is 12.4. The van der Waals surface area contributed by atoms with Crippen LogP contribution in [0.25, 0.3) is 6.08 Å². The first-order valence-corrected chi connectivity index (χ1v) is 12.4. The molecule has 0 saturated heterocycles. The minimum Gasteiger partial charge on any atom is -0.424 e. The van der Waals surface area contributed by atoms with Crippen LogP contribution in [0.15, 0.2) is 18.2 Å². The van der Waals surface area contributed by atoms with Crippen molar-refractivity contribution in [2.45, 2.75) is 89.6 Å². The topological polar surface area (TPSA) is 9.23 Å². The molecule has 1 atom stereocenters. The van der Waals surface area contributed by atoms with E-state index in [1.54, 1.807) is 0 Å². The van der Waals surface area contributed by atoms with Crippen molar-refractivity contribution < 1.29 is 39.9 Å². The van der Waals surface area contributed by atoms with Crippen LogP contribution in [0.1, 0.15) is 76.7 Å². The Bertz CT molecular complexity index is 826. The van der Waals surface area contributed by atoms with E-state index in [2.05, 4.69) is 11.7 Å². The zero-order valence-electron chi connectivity index (χ0n) is 19.7. The van der Waals surface area contributed by atoms with Crippen molar-refractivity contribution in [1.82, 2.24) is 0 Å². The van der Waals surface area contributed by atoms with Crippen LogP contribution in [-0.2, 0) is 0 Å². The molecule has 9 heteroatoms. The quantitative estimate of drug-likeness (QED) is 0.316. The van der Waals surface area contributed by atoms with Crippen LogP contribution in [0.3, 0.4) is 0 Å². The Morgan fingerprint density at radius 2 is 1.40 bits per heavy atom. The van der Waals surface area contributed by atoms with Gasteiger partial charge in [0, 0.05) is 0 Å². The molecular formula is C26H32F8O. The molecular weight excluding hydrogens is 480 g/mol. The molecule has 1 aromatic carbocycles. The van der Waals surface area contributed by atoms with Crippen LogP contribution in [-0.4, -0.2) is 18.5 Å². The maximum atomic E-state index is 14.2. The molecule has 0 aliphatic heterocycles. The number of benzene rings is 1. The predicted octanol–water partition coefficient (Wildman–Crippen LogP) is 9.26. The third-order valence-electron chi connectivity index (χ3n) is 7.47. The molecule has 1 aromatic rings. The van der Waals surface area contributed by atoms with Crippen molar-refractivity contribution >= 4 is 6.08 Å². The smallest absolute Gasteiger partial charge is 0.424 e. The van der Waals surface area contributed by atoms with Gasteiger partial charge in [-0.25, -0.2) is 13.2 Å². The van der Waals surface area contributed by atoms with E-state index in [-0.39, 0.29) is 11.5 Å². The molecule has 1 unspecified atom stereocenters. The Morgan fingerprint density at radius 3 is 1.89 bits per heavy atom. The van der Waals surface area contributed by atoms with Gasteiger partial charge in [-0.2, -0.15) is 22.0 Å². The van der Waals surface area contributed by atoms with Crippen molar-refractivity contribution in [2.24, 2.45) is 23.7 Å². The zero-order valence-corrected chi connectivity index (χ0v) is 19.7. The van der Waals surface area contributed by atoms with E-state index in [9.17, 15) is 35.1 Å². The van der Waals surface area contributed by atoms with E-state index in [0.717, 1.165) is 37.5 Å². The fourth-order valence-corrected chi connectivity index (χ4v) is 5.56. The van der Waals surface area contributed by atoms with Gasteiger partial charge in [0.2, 0.25) is 0 Å². The Balaban J connectivity index is 1.55. The SMILES string of the molecule is CCCC1CCC(C2CCC(C=Cc3cc(F)c(OC(F)(F)C(F)C(F)(F)F)c(F)c3)CC2)CC1. The average molecular weight is 513 g/mol. The highest BCUT2D eigenvalue weighted by Crippen LogP contribution is 2.43. The number of hydrogen-bond acceptors (Lipinski definition) is 1. The highest BCUT2D eigenvalue weighted by molar-refractivity contribution is 5.52. The summed E-state index contributed by atoms with van der Waals surface area (Å²) in [4.78, 5) is 0. The summed E-state index contributed by atoms with van der Waals surface area (Å²) in [6.07, 6.45) is -1.07. The molecule has 0 heterocycles. The lowest BCUT2D eigenvalue weighted by molar-refractivity contribution is -0.306. The van der Waals surface area contributed by atoms with E-state index >= 15 is 0 Å². The largest absolute Gasteiger partial charge is 0.439 e. The normalized spacial score (nSPS) is 27.2. The van der Waals surface area contributed by atoms with Gasteiger partial charge < -0.3 is 4.74 Å².